The molecule has 0 bridgehead atoms. The number of methoxy groups -OCH3 is 1. The van der Waals surface area contributed by atoms with E-state index in [1.54, 1.807) is 0 Å². The van der Waals surface area contributed by atoms with Gasteiger partial charge in [-0.3, -0.25) is 4.79 Å². The van der Waals surface area contributed by atoms with E-state index < -0.39 is 0 Å². The second-order valence-electron chi connectivity index (χ2n) is 3.67. The van der Waals surface area contributed by atoms with E-state index in [1.807, 2.05) is 25.1 Å². The number of carbonyl (C=O) groups excluding carboxylic acids is 1. The first-order valence-electron chi connectivity index (χ1n) is 4.99. The van der Waals surface area contributed by atoms with Crippen molar-refractivity contribution in [3.05, 3.63) is 34.3 Å². The molecular weight excluding hydrogens is 247 g/mol. The van der Waals surface area contributed by atoms with E-state index >= 15 is 0 Å². The fraction of sp³-hybridized carbons (Fsp3) is 0.417. The normalized spacial score (nSPS) is 12.2. The van der Waals surface area contributed by atoms with Gasteiger partial charge < -0.3 is 4.74 Å². The number of hydrogen-bond acceptors (Lipinski definition) is 2. The van der Waals surface area contributed by atoms with E-state index in [9.17, 15) is 4.79 Å². The number of halogens is 2. The van der Waals surface area contributed by atoms with Crippen molar-refractivity contribution in [2.45, 2.75) is 25.1 Å². The van der Waals surface area contributed by atoms with Crippen molar-refractivity contribution < 1.29 is 9.53 Å². The average Bonchev–Trinajstić information content (AvgIpc) is 2.23. The number of alkyl halides is 1. The van der Waals surface area contributed by atoms with Gasteiger partial charge in [0.2, 0.25) is 0 Å². The summed E-state index contributed by atoms with van der Waals surface area (Å²) in [4.78, 5) is 11.0. The van der Waals surface area contributed by atoms with Gasteiger partial charge in [-0.05, 0) is 30.5 Å². The van der Waals surface area contributed by atoms with Gasteiger partial charge >= 0.3 is 5.97 Å². The predicted molar refractivity (Wildman–Crippen MR) is 66.2 cm³/mol. The monoisotopic (exact) mass is 260 g/mol. The molecule has 1 aromatic rings. The van der Waals surface area contributed by atoms with E-state index in [1.165, 1.54) is 7.11 Å². The molecule has 0 saturated carbocycles. The zero-order chi connectivity index (χ0) is 12.1. The van der Waals surface area contributed by atoms with Crippen LogP contribution in [0.3, 0.4) is 0 Å². The molecule has 0 aliphatic carbocycles. The zero-order valence-electron chi connectivity index (χ0n) is 9.30. The van der Waals surface area contributed by atoms with E-state index in [4.69, 9.17) is 23.2 Å². The van der Waals surface area contributed by atoms with Gasteiger partial charge in [0.1, 0.15) is 0 Å². The lowest BCUT2D eigenvalue weighted by Gasteiger charge is -2.09. The Labute approximate surface area is 106 Å². The quantitative estimate of drug-likeness (QED) is 0.613. The number of benzene rings is 1. The fourth-order valence-electron chi connectivity index (χ4n) is 1.43. The van der Waals surface area contributed by atoms with Crippen molar-refractivity contribution in [3.63, 3.8) is 0 Å². The van der Waals surface area contributed by atoms with Crippen LogP contribution in [-0.4, -0.2) is 18.5 Å². The van der Waals surface area contributed by atoms with Crippen molar-refractivity contribution in [2.24, 2.45) is 0 Å². The Morgan fingerprint density at radius 2 is 2.19 bits per heavy atom. The number of esters is 1. The van der Waals surface area contributed by atoms with Crippen LogP contribution in [0.5, 0.6) is 0 Å². The largest absolute Gasteiger partial charge is 0.469 e. The third kappa shape index (κ3) is 4.03. The predicted octanol–water partition coefficient (Wildman–Crippen LogP) is 3.36. The third-order valence-corrected chi connectivity index (χ3v) is 3.03. The number of hydrogen-bond donors (Lipinski definition) is 0. The van der Waals surface area contributed by atoms with Crippen LogP contribution in [0.2, 0.25) is 5.02 Å². The number of aryl methyl sites for hydroxylation is 1. The summed E-state index contributed by atoms with van der Waals surface area (Å²) >= 11 is 12.0. The lowest BCUT2D eigenvalue weighted by molar-refractivity contribution is -0.140. The summed E-state index contributed by atoms with van der Waals surface area (Å²) in [6.45, 7) is 1.94. The van der Waals surface area contributed by atoms with E-state index in [0.717, 1.165) is 16.1 Å². The molecule has 2 nitrogen and oxygen atoms in total. The molecule has 4 heteroatoms. The molecule has 0 aliphatic heterocycles. The minimum Gasteiger partial charge on any atom is -0.469 e. The van der Waals surface area contributed by atoms with Crippen LogP contribution in [0.15, 0.2) is 18.2 Å². The van der Waals surface area contributed by atoms with E-state index in [0.29, 0.717) is 6.42 Å². The van der Waals surface area contributed by atoms with Gasteiger partial charge in [-0.1, -0.05) is 23.7 Å². The molecule has 16 heavy (non-hydrogen) atoms. The van der Waals surface area contributed by atoms with Gasteiger partial charge in [-0.2, -0.15) is 0 Å². The van der Waals surface area contributed by atoms with Crippen molar-refractivity contribution >= 4 is 29.2 Å². The highest BCUT2D eigenvalue weighted by molar-refractivity contribution is 6.31. The summed E-state index contributed by atoms with van der Waals surface area (Å²) in [5.41, 5.74) is 2.09. The maximum Gasteiger partial charge on any atom is 0.307 e. The second kappa shape index (κ2) is 6.12. The molecule has 88 valence electrons. The lowest BCUT2D eigenvalue weighted by atomic mass is 10.1. The molecule has 0 aromatic heterocycles. The molecule has 0 aliphatic rings. The van der Waals surface area contributed by atoms with Crippen molar-refractivity contribution in [1.29, 1.82) is 0 Å². The molecule has 0 amide bonds. The molecular formula is C12H14Cl2O2. The summed E-state index contributed by atoms with van der Waals surface area (Å²) in [5.74, 6) is -0.286. The highest BCUT2D eigenvalue weighted by Gasteiger charge is 2.12. The van der Waals surface area contributed by atoms with Crippen LogP contribution in [0.4, 0.5) is 0 Å². The minimum absolute atomic E-state index is 0.222. The van der Waals surface area contributed by atoms with Crippen LogP contribution < -0.4 is 0 Å². The first-order chi connectivity index (χ1) is 7.52. The molecule has 0 fully saturated rings. The van der Waals surface area contributed by atoms with Crippen LogP contribution in [0.1, 0.15) is 17.5 Å². The Morgan fingerprint density at radius 1 is 1.50 bits per heavy atom. The molecule has 0 spiro atoms. The Balaban J connectivity index is 2.59. The van der Waals surface area contributed by atoms with Crippen LogP contribution in [-0.2, 0) is 16.0 Å². The Morgan fingerprint density at radius 3 is 2.75 bits per heavy atom. The molecule has 1 aromatic carbocycles. The number of ether oxygens (including phenoxy) is 1. The minimum atomic E-state index is -0.286. The standard InChI is InChI=1S/C12H14Cl2O2/c1-8-5-9(3-4-11(8)14)6-10(13)7-12(15)16-2/h3-5,10H,6-7H2,1-2H3. The summed E-state index contributed by atoms with van der Waals surface area (Å²) < 4.78 is 4.56. The molecule has 1 atom stereocenters. The highest BCUT2D eigenvalue weighted by atomic mass is 35.5. The summed E-state index contributed by atoms with van der Waals surface area (Å²) in [5, 5.41) is 0.496. The lowest BCUT2D eigenvalue weighted by Crippen LogP contribution is -2.12. The Hall–Kier alpha value is -0.730. The van der Waals surface area contributed by atoms with E-state index in [2.05, 4.69) is 4.74 Å². The summed E-state index contributed by atoms with van der Waals surface area (Å²) in [6.07, 6.45) is 0.856. The first-order valence-corrected chi connectivity index (χ1v) is 5.80. The number of carbonyl (C=O) groups is 1. The smallest absolute Gasteiger partial charge is 0.307 e. The Bertz CT molecular complexity index is 377. The fourth-order valence-corrected chi connectivity index (χ4v) is 1.85. The molecule has 0 N–H and O–H groups in total. The SMILES string of the molecule is COC(=O)CC(Cl)Cc1ccc(Cl)c(C)c1. The van der Waals surface area contributed by atoms with Crippen LogP contribution >= 0.6 is 23.2 Å². The summed E-state index contributed by atoms with van der Waals surface area (Å²) in [6, 6.07) is 5.74. The topological polar surface area (TPSA) is 26.3 Å². The summed E-state index contributed by atoms with van der Waals surface area (Å²) in [7, 11) is 1.36. The van der Waals surface area contributed by atoms with Crippen LogP contribution in [0.25, 0.3) is 0 Å². The Kier molecular flexibility index (Phi) is 5.10. The first kappa shape index (κ1) is 13.3. The molecule has 1 unspecified atom stereocenters. The van der Waals surface area contributed by atoms with E-state index in [-0.39, 0.29) is 17.8 Å². The second-order valence-corrected chi connectivity index (χ2v) is 4.69. The molecule has 1 rings (SSSR count). The number of rotatable bonds is 4. The van der Waals surface area contributed by atoms with Crippen molar-refractivity contribution in [2.75, 3.05) is 7.11 Å². The van der Waals surface area contributed by atoms with Gasteiger partial charge in [-0.15, -0.1) is 11.6 Å². The van der Waals surface area contributed by atoms with Gasteiger partial charge in [0, 0.05) is 10.4 Å². The van der Waals surface area contributed by atoms with Gasteiger partial charge in [0.05, 0.1) is 13.5 Å². The van der Waals surface area contributed by atoms with Crippen molar-refractivity contribution in [3.8, 4) is 0 Å². The van der Waals surface area contributed by atoms with Gasteiger partial charge in [0.25, 0.3) is 0 Å². The molecule has 0 heterocycles. The van der Waals surface area contributed by atoms with Crippen LogP contribution in [0, 0.1) is 6.92 Å². The van der Waals surface area contributed by atoms with Crippen molar-refractivity contribution in [1.82, 2.24) is 0 Å². The maximum absolute atomic E-state index is 11.0. The highest BCUT2D eigenvalue weighted by Crippen LogP contribution is 2.19. The zero-order valence-corrected chi connectivity index (χ0v) is 10.8. The molecule has 0 radical (unpaired) electrons. The third-order valence-electron chi connectivity index (χ3n) is 2.30. The average molecular weight is 261 g/mol. The maximum atomic E-state index is 11.0. The van der Waals surface area contributed by atoms with Gasteiger partial charge in [-0.25, -0.2) is 0 Å². The van der Waals surface area contributed by atoms with Gasteiger partial charge in [0.15, 0.2) is 0 Å². The molecule has 0 saturated heterocycles.